The summed E-state index contributed by atoms with van der Waals surface area (Å²) in [5.74, 6) is 2.34. The van der Waals surface area contributed by atoms with Gasteiger partial charge in [0, 0.05) is 32.8 Å². The summed E-state index contributed by atoms with van der Waals surface area (Å²) in [5.41, 5.74) is 0.942. The smallest absolute Gasteiger partial charge is 0.231 e. The Balaban J connectivity index is 1.39. The molecule has 0 spiro atoms. The van der Waals surface area contributed by atoms with Crippen LogP contribution in [0.3, 0.4) is 0 Å². The van der Waals surface area contributed by atoms with Gasteiger partial charge in [-0.3, -0.25) is 4.79 Å². The van der Waals surface area contributed by atoms with Gasteiger partial charge >= 0.3 is 0 Å². The Labute approximate surface area is 141 Å². The molecule has 6 nitrogen and oxygen atoms in total. The Morgan fingerprint density at radius 3 is 2.92 bits per heavy atom. The van der Waals surface area contributed by atoms with Crippen molar-refractivity contribution in [2.75, 3.05) is 13.1 Å². The van der Waals surface area contributed by atoms with E-state index in [4.69, 9.17) is 4.52 Å². The van der Waals surface area contributed by atoms with E-state index in [9.17, 15) is 4.79 Å². The summed E-state index contributed by atoms with van der Waals surface area (Å²) in [6.07, 6.45) is 8.58. The number of hydrogen-bond acceptors (Lipinski definition) is 4. The summed E-state index contributed by atoms with van der Waals surface area (Å²) in [7, 11) is 1.96. The van der Waals surface area contributed by atoms with Gasteiger partial charge in [0.05, 0.1) is 11.6 Å². The highest BCUT2D eigenvalue weighted by molar-refractivity contribution is 5.76. The third-order valence-electron chi connectivity index (χ3n) is 5.44. The van der Waals surface area contributed by atoms with Gasteiger partial charge in [0.2, 0.25) is 17.6 Å². The standard InChI is InChI=1S/C18H24N4O2/c1-21-9-4-7-15(21)17-19-18(24-20-17)14-8-10-22(12-14)16(23)11-13-5-2-3-6-13/h4,7,9,13-14H,2-3,5-6,8,10-12H2,1H3. The van der Waals surface area contributed by atoms with Crippen LogP contribution in [0.2, 0.25) is 0 Å². The van der Waals surface area contributed by atoms with Gasteiger partial charge in [-0.15, -0.1) is 0 Å². The summed E-state index contributed by atoms with van der Waals surface area (Å²) >= 11 is 0. The number of likely N-dealkylation sites (tertiary alicyclic amines) is 1. The highest BCUT2D eigenvalue weighted by Gasteiger charge is 2.32. The molecule has 0 N–H and O–H groups in total. The summed E-state index contributed by atoms with van der Waals surface area (Å²) in [4.78, 5) is 19.0. The highest BCUT2D eigenvalue weighted by atomic mass is 16.5. The summed E-state index contributed by atoms with van der Waals surface area (Å²) in [5, 5.41) is 4.11. The molecule has 1 aliphatic heterocycles. The molecule has 1 unspecified atom stereocenters. The van der Waals surface area contributed by atoms with E-state index in [1.165, 1.54) is 25.7 Å². The fourth-order valence-corrected chi connectivity index (χ4v) is 3.98. The quantitative estimate of drug-likeness (QED) is 0.865. The molecule has 1 saturated carbocycles. The molecule has 2 aliphatic rings. The first-order valence-electron chi connectivity index (χ1n) is 8.94. The number of carbonyl (C=O) groups excluding carboxylic acids is 1. The normalized spacial score (nSPS) is 21.7. The zero-order valence-electron chi connectivity index (χ0n) is 14.1. The van der Waals surface area contributed by atoms with E-state index in [0.29, 0.717) is 36.5 Å². The molecule has 0 aromatic carbocycles. The van der Waals surface area contributed by atoms with E-state index in [-0.39, 0.29) is 5.92 Å². The van der Waals surface area contributed by atoms with E-state index >= 15 is 0 Å². The number of amides is 1. The van der Waals surface area contributed by atoms with Crippen molar-refractivity contribution in [2.45, 2.75) is 44.4 Å². The van der Waals surface area contributed by atoms with Crippen molar-refractivity contribution in [3.63, 3.8) is 0 Å². The lowest BCUT2D eigenvalue weighted by Crippen LogP contribution is -2.29. The minimum absolute atomic E-state index is 0.166. The van der Waals surface area contributed by atoms with Crippen molar-refractivity contribution in [3.8, 4) is 11.5 Å². The largest absolute Gasteiger partial charge is 0.348 e. The average molecular weight is 328 g/mol. The lowest BCUT2D eigenvalue weighted by molar-refractivity contribution is -0.131. The van der Waals surface area contributed by atoms with Gasteiger partial charge < -0.3 is 14.0 Å². The zero-order chi connectivity index (χ0) is 16.5. The van der Waals surface area contributed by atoms with Gasteiger partial charge in [-0.25, -0.2) is 0 Å². The van der Waals surface area contributed by atoms with Gasteiger partial charge in [-0.2, -0.15) is 4.98 Å². The molecule has 2 aromatic heterocycles. The number of hydrogen-bond donors (Lipinski definition) is 0. The number of aromatic nitrogens is 3. The van der Waals surface area contributed by atoms with Crippen LogP contribution in [0.5, 0.6) is 0 Å². The van der Waals surface area contributed by atoms with Gasteiger partial charge in [0.25, 0.3) is 0 Å². The molecular weight excluding hydrogens is 304 g/mol. The average Bonchev–Trinajstić information content (AvgIpc) is 3.34. The monoisotopic (exact) mass is 328 g/mol. The molecule has 1 aliphatic carbocycles. The molecule has 24 heavy (non-hydrogen) atoms. The first-order valence-corrected chi connectivity index (χ1v) is 8.94. The Morgan fingerprint density at radius 1 is 1.33 bits per heavy atom. The minimum atomic E-state index is 0.166. The molecule has 3 heterocycles. The molecule has 1 amide bonds. The maximum Gasteiger partial charge on any atom is 0.231 e. The lowest BCUT2D eigenvalue weighted by Gasteiger charge is -2.18. The van der Waals surface area contributed by atoms with Crippen molar-refractivity contribution in [1.29, 1.82) is 0 Å². The zero-order valence-corrected chi connectivity index (χ0v) is 14.1. The molecule has 128 valence electrons. The van der Waals surface area contributed by atoms with Crippen LogP contribution in [0.4, 0.5) is 0 Å². The fourth-order valence-electron chi connectivity index (χ4n) is 3.98. The number of nitrogens with zero attached hydrogens (tertiary/aromatic N) is 4. The first kappa shape index (κ1) is 15.4. The predicted molar refractivity (Wildman–Crippen MR) is 89.2 cm³/mol. The summed E-state index contributed by atoms with van der Waals surface area (Å²) in [6.45, 7) is 1.51. The first-order chi connectivity index (χ1) is 11.7. The van der Waals surface area contributed by atoms with E-state index in [1.54, 1.807) is 0 Å². The lowest BCUT2D eigenvalue weighted by atomic mass is 10.0. The molecular formula is C18H24N4O2. The third-order valence-corrected chi connectivity index (χ3v) is 5.44. The van der Waals surface area contributed by atoms with Crippen molar-refractivity contribution in [2.24, 2.45) is 13.0 Å². The SMILES string of the molecule is Cn1cccc1-c1noc(C2CCN(C(=O)CC3CCCC3)C2)n1. The van der Waals surface area contributed by atoms with Crippen molar-refractivity contribution in [1.82, 2.24) is 19.6 Å². The van der Waals surface area contributed by atoms with Crippen LogP contribution in [0.15, 0.2) is 22.9 Å². The third kappa shape index (κ3) is 2.97. The maximum atomic E-state index is 12.5. The van der Waals surface area contributed by atoms with Crippen molar-refractivity contribution in [3.05, 3.63) is 24.2 Å². The number of aryl methyl sites for hydroxylation is 1. The second-order valence-corrected chi connectivity index (χ2v) is 7.14. The van der Waals surface area contributed by atoms with Crippen LogP contribution in [0.25, 0.3) is 11.5 Å². The molecule has 2 aromatic rings. The van der Waals surface area contributed by atoms with Crippen molar-refractivity contribution < 1.29 is 9.32 Å². The Kier molecular flexibility index (Phi) is 4.12. The van der Waals surface area contributed by atoms with Crippen LogP contribution < -0.4 is 0 Å². The predicted octanol–water partition coefficient (Wildman–Crippen LogP) is 2.97. The van der Waals surface area contributed by atoms with Gasteiger partial charge in [0.1, 0.15) is 0 Å². The topological polar surface area (TPSA) is 64.2 Å². The molecule has 0 bridgehead atoms. The molecule has 0 radical (unpaired) electrons. The molecule has 6 heteroatoms. The van der Waals surface area contributed by atoms with E-state index in [2.05, 4.69) is 10.1 Å². The maximum absolute atomic E-state index is 12.5. The molecule has 1 atom stereocenters. The van der Waals surface area contributed by atoms with Gasteiger partial charge in [0.15, 0.2) is 0 Å². The van der Waals surface area contributed by atoms with Gasteiger partial charge in [-0.05, 0) is 37.3 Å². The summed E-state index contributed by atoms with van der Waals surface area (Å²) < 4.78 is 7.45. The molecule has 4 rings (SSSR count). The van der Waals surface area contributed by atoms with E-state index < -0.39 is 0 Å². The second kappa shape index (κ2) is 6.42. The van der Waals surface area contributed by atoms with Crippen LogP contribution in [0, 0.1) is 5.92 Å². The van der Waals surface area contributed by atoms with Crippen molar-refractivity contribution >= 4 is 5.91 Å². The molecule has 2 fully saturated rings. The van der Waals surface area contributed by atoms with Crippen LogP contribution in [0.1, 0.15) is 50.3 Å². The number of rotatable bonds is 4. The second-order valence-electron chi connectivity index (χ2n) is 7.14. The summed E-state index contributed by atoms with van der Waals surface area (Å²) in [6, 6.07) is 3.94. The van der Waals surface area contributed by atoms with Crippen LogP contribution >= 0.6 is 0 Å². The fraction of sp³-hybridized carbons (Fsp3) is 0.611. The van der Waals surface area contributed by atoms with Crippen LogP contribution in [-0.2, 0) is 11.8 Å². The Hall–Kier alpha value is -2.11. The van der Waals surface area contributed by atoms with E-state index in [0.717, 1.165) is 18.7 Å². The van der Waals surface area contributed by atoms with E-state index in [1.807, 2.05) is 34.8 Å². The molecule has 1 saturated heterocycles. The Morgan fingerprint density at radius 2 is 2.17 bits per heavy atom. The number of carbonyl (C=O) groups is 1. The highest BCUT2D eigenvalue weighted by Crippen LogP contribution is 2.31. The van der Waals surface area contributed by atoms with Gasteiger partial charge in [-0.1, -0.05) is 18.0 Å². The van der Waals surface area contributed by atoms with Crippen LogP contribution in [-0.4, -0.2) is 38.6 Å². The Bertz CT molecular complexity index is 714. The minimum Gasteiger partial charge on any atom is -0.348 e.